The van der Waals surface area contributed by atoms with Gasteiger partial charge in [0.25, 0.3) is 0 Å². The Labute approximate surface area is 208 Å². The molecule has 0 amide bonds. The first-order valence-electron chi connectivity index (χ1n) is 13.1. The number of carbonyl (C=O) groups is 1. The Hall–Kier alpha value is -1.95. The Morgan fingerprint density at radius 2 is 1.74 bits per heavy atom. The molecular formula is C28H38O7. The Kier molecular flexibility index (Phi) is 9.99. The fourth-order valence-corrected chi connectivity index (χ4v) is 5.41. The quantitative estimate of drug-likeness (QED) is 0.507. The number of aliphatic hydroxyl groups is 1. The Morgan fingerprint density at radius 1 is 1.03 bits per heavy atom. The summed E-state index contributed by atoms with van der Waals surface area (Å²) in [5.74, 6) is 5.11. The van der Waals surface area contributed by atoms with Crippen LogP contribution >= 0.6 is 0 Å². The van der Waals surface area contributed by atoms with Crippen molar-refractivity contribution in [2.45, 2.75) is 95.1 Å². The average molecular weight is 487 g/mol. The molecule has 0 spiro atoms. The van der Waals surface area contributed by atoms with Gasteiger partial charge in [0.1, 0.15) is 6.10 Å². The van der Waals surface area contributed by atoms with E-state index in [0.29, 0.717) is 32.5 Å². The summed E-state index contributed by atoms with van der Waals surface area (Å²) in [5.41, 5.74) is 0.918. The van der Waals surface area contributed by atoms with Crippen LogP contribution in [0.4, 0.5) is 0 Å². The normalized spacial score (nSPS) is 31.9. The monoisotopic (exact) mass is 486 g/mol. The summed E-state index contributed by atoms with van der Waals surface area (Å²) in [7, 11) is 0. The van der Waals surface area contributed by atoms with Gasteiger partial charge in [-0.15, -0.1) is 0 Å². The zero-order chi connectivity index (χ0) is 24.5. The molecule has 3 unspecified atom stereocenters. The maximum atomic E-state index is 11.6. The first kappa shape index (κ1) is 26.1. The van der Waals surface area contributed by atoms with Crippen LogP contribution in [0.25, 0.3) is 0 Å². The van der Waals surface area contributed by atoms with Crippen molar-refractivity contribution in [2.24, 2.45) is 11.8 Å². The summed E-state index contributed by atoms with van der Waals surface area (Å²) in [6, 6.07) is 9.79. The fraction of sp³-hybridized carbons (Fsp3) is 0.679. The second-order valence-corrected chi connectivity index (χ2v) is 9.83. The molecule has 2 saturated heterocycles. The standard InChI is InChI=1S/C28H38O7/c29-24-19-25(35-28-11-5-7-17-33-28)22(23(24)18-26(30)31)15-14-21(34-27-10-4-6-16-32-27)13-12-20-8-2-1-3-9-20/h1-3,8-9,21-25,27-29H,4-7,10-11,14-19H2,(H,30,31)/t21?,22-,23-,24+,25-,27?,28?/m1/s1. The molecule has 35 heavy (non-hydrogen) atoms. The molecule has 4 rings (SSSR count). The predicted octanol–water partition coefficient (Wildman–Crippen LogP) is 4.11. The molecular weight excluding hydrogens is 448 g/mol. The van der Waals surface area contributed by atoms with E-state index in [1.165, 1.54) is 0 Å². The average Bonchev–Trinajstić information content (AvgIpc) is 3.15. The predicted molar refractivity (Wildman–Crippen MR) is 129 cm³/mol. The lowest BCUT2D eigenvalue weighted by Gasteiger charge is -2.31. The van der Waals surface area contributed by atoms with Gasteiger partial charge in [-0.3, -0.25) is 4.79 Å². The topological polar surface area (TPSA) is 94.5 Å². The minimum absolute atomic E-state index is 0.0792. The van der Waals surface area contributed by atoms with Crippen molar-refractivity contribution in [3.8, 4) is 11.8 Å². The van der Waals surface area contributed by atoms with Crippen molar-refractivity contribution in [3.63, 3.8) is 0 Å². The number of hydrogen-bond donors (Lipinski definition) is 2. The van der Waals surface area contributed by atoms with Crippen molar-refractivity contribution in [2.75, 3.05) is 13.2 Å². The van der Waals surface area contributed by atoms with Crippen LogP contribution in [-0.4, -0.2) is 60.3 Å². The molecule has 2 heterocycles. The van der Waals surface area contributed by atoms with Gasteiger partial charge < -0.3 is 29.2 Å². The van der Waals surface area contributed by atoms with Gasteiger partial charge >= 0.3 is 5.97 Å². The third-order valence-corrected chi connectivity index (χ3v) is 7.24. The van der Waals surface area contributed by atoms with E-state index in [2.05, 4.69) is 11.8 Å². The van der Waals surface area contributed by atoms with Gasteiger partial charge in [0.05, 0.1) is 18.6 Å². The van der Waals surface area contributed by atoms with Crippen LogP contribution in [0.1, 0.15) is 69.8 Å². The molecule has 0 aromatic heterocycles. The zero-order valence-corrected chi connectivity index (χ0v) is 20.3. The minimum atomic E-state index is -0.902. The third kappa shape index (κ3) is 8.03. The molecule has 1 aromatic rings. The van der Waals surface area contributed by atoms with Gasteiger partial charge in [-0.1, -0.05) is 30.0 Å². The van der Waals surface area contributed by atoms with Gasteiger partial charge in [0.15, 0.2) is 12.6 Å². The number of rotatable bonds is 9. The van der Waals surface area contributed by atoms with Crippen molar-refractivity contribution in [1.29, 1.82) is 0 Å². The SMILES string of the molecule is O=C(O)C[C@@H]1[C@@H](CCC(C#Cc2ccccc2)OC2CCCCO2)[C@H](OC2CCCCO2)C[C@@H]1O. The first-order valence-corrected chi connectivity index (χ1v) is 13.1. The molecule has 3 aliphatic rings. The van der Waals surface area contributed by atoms with Crippen LogP contribution in [0.15, 0.2) is 30.3 Å². The summed E-state index contributed by atoms with van der Waals surface area (Å²) >= 11 is 0. The maximum absolute atomic E-state index is 11.6. The molecule has 1 aromatic carbocycles. The molecule has 3 fully saturated rings. The number of carboxylic acids is 1. The molecule has 192 valence electrons. The van der Waals surface area contributed by atoms with Crippen molar-refractivity contribution in [1.82, 2.24) is 0 Å². The van der Waals surface area contributed by atoms with Gasteiger partial charge in [0, 0.05) is 31.1 Å². The maximum Gasteiger partial charge on any atom is 0.303 e. The molecule has 2 aliphatic heterocycles. The summed E-state index contributed by atoms with van der Waals surface area (Å²) in [5, 5.41) is 20.2. The van der Waals surface area contributed by atoms with E-state index in [1.54, 1.807) is 0 Å². The molecule has 1 aliphatic carbocycles. The van der Waals surface area contributed by atoms with E-state index >= 15 is 0 Å². The second kappa shape index (κ2) is 13.4. The lowest BCUT2D eigenvalue weighted by molar-refractivity contribution is -0.198. The van der Waals surface area contributed by atoms with Crippen LogP contribution < -0.4 is 0 Å². The summed E-state index contributed by atoms with van der Waals surface area (Å²) in [6.45, 7) is 1.37. The zero-order valence-electron chi connectivity index (χ0n) is 20.3. The summed E-state index contributed by atoms with van der Waals surface area (Å²) in [6.07, 6.45) is 5.60. The van der Waals surface area contributed by atoms with E-state index in [9.17, 15) is 15.0 Å². The molecule has 1 saturated carbocycles. The van der Waals surface area contributed by atoms with Crippen LogP contribution in [0, 0.1) is 23.7 Å². The molecule has 2 N–H and O–H groups in total. The Morgan fingerprint density at radius 3 is 2.40 bits per heavy atom. The van der Waals surface area contributed by atoms with Gasteiger partial charge in [-0.05, 0) is 69.4 Å². The van der Waals surface area contributed by atoms with Crippen molar-refractivity contribution in [3.05, 3.63) is 35.9 Å². The molecule has 7 heteroatoms. The summed E-state index contributed by atoms with van der Waals surface area (Å²) < 4.78 is 24.1. The van der Waals surface area contributed by atoms with E-state index < -0.39 is 12.1 Å². The smallest absolute Gasteiger partial charge is 0.303 e. The van der Waals surface area contributed by atoms with Gasteiger partial charge in [-0.25, -0.2) is 0 Å². The van der Waals surface area contributed by atoms with E-state index in [0.717, 1.165) is 44.1 Å². The van der Waals surface area contributed by atoms with Crippen LogP contribution in [0.3, 0.4) is 0 Å². The number of benzene rings is 1. The number of ether oxygens (including phenoxy) is 4. The number of aliphatic carboxylic acids is 1. The Bertz CT molecular complexity index is 836. The third-order valence-electron chi connectivity index (χ3n) is 7.24. The van der Waals surface area contributed by atoms with Crippen LogP contribution in [0.5, 0.6) is 0 Å². The van der Waals surface area contributed by atoms with E-state index in [1.807, 2.05) is 30.3 Å². The van der Waals surface area contributed by atoms with E-state index in [-0.39, 0.29) is 43.0 Å². The van der Waals surface area contributed by atoms with Gasteiger partial charge in [-0.2, -0.15) is 0 Å². The summed E-state index contributed by atoms with van der Waals surface area (Å²) in [4.78, 5) is 11.6. The molecule has 0 radical (unpaired) electrons. The highest BCUT2D eigenvalue weighted by Gasteiger charge is 2.45. The highest BCUT2D eigenvalue weighted by atomic mass is 16.7. The molecule has 0 bridgehead atoms. The lowest BCUT2D eigenvalue weighted by Crippen LogP contribution is -2.33. The minimum Gasteiger partial charge on any atom is -0.481 e. The molecule has 7 atom stereocenters. The lowest BCUT2D eigenvalue weighted by atomic mass is 9.86. The number of aliphatic hydroxyl groups excluding tert-OH is 1. The first-order chi connectivity index (χ1) is 17.1. The second-order valence-electron chi connectivity index (χ2n) is 9.83. The fourth-order valence-electron chi connectivity index (χ4n) is 5.41. The van der Waals surface area contributed by atoms with Crippen LogP contribution in [-0.2, 0) is 23.7 Å². The van der Waals surface area contributed by atoms with E-state index in [4.69, 9.17) is 18.9 Å². The highest BCUT2D eigenvalue weighted by molar-refractivity contribution is 5.67. The largest absolute Gasteiger partial charge is 0.481 e. The van der Waals surface area contributed by atoms with Gasteiger partial charge in [0.2, 0.25) is 0 Å². The molecule has 7 nitrogen and oxygen atoms in total. The van der Waals surface area contributed by atoms with Crippen molar-refractivity contribution < 1.29 is 34.0 Å². The number of carboxylic acid groups (broad SMARTS) is 1. The van der Waals surface area contributed by atoms with Crippen LogP contribution in [0.2, 0.25) is 0 Å². The van der Waals surface area contributed by atoms with Crippen molar-refractivity contribution >= 4 is 5.97 Å². The highest BCUT2D eigenvalue weighted by Crippen LogP contribution is 2.41. The number of hydrogen-bond acceptors (Lipinski definition) is 6. The Balaban J connectivity index is 1.45.